The highest BCUT2D eigenvalue weighted by molar-refractivity contribution is 5.93. The molecule has 2 rings (SSSR count). The van der Waals surface area contributed by atoms with Gasteiger partial charge in [0.1, 0.15) is 11.4 Å². The zero-order valence-corrected chi connectivity index (χ0v) is 12.8. The number of nitrogens with zero attached hydrogens (tertiary/aromatic N) is 1. The van der Waals surface area contributed by atoms with Gasteiger partial charge in [0.05, 0.1) is 12.8 Å². The van der Waals surface area contributed by atoms with Crippen molar-refractivity contribution in [3.63, 3.8) is 0 Å². The number of carbonyl (C=O) groups excluding carboxylic acids is 1. The number of methoxy groups -OCH3 is 1. The van der Waals surface area contributed by atoms with Gasteiger partial charge in [0.25, 0.3) is 5.91 Å². The zero-order chi connectivity index (χ0) is 16.1. The number of H-pyrrole nitrogens is 1. The fraction of sp³-hybridized carbons (Fsp3) is 0.312. The number of aromatic amines is 1. The van der Waals surface area contributed by atoms with Crippen LogP contribution in [0.4, 0.5) is 0 Å². The summed E-state index contributed by atoms with van der Waals surface area (Å²) in [6, 6.07) is 8.73. The maximum absolute atomic E-state index is 12.1. The summed E-state index contributed by atoms with van der Waals surface area (Å²) in [5, 5.41) is 2.81. The average Bonchev–Trinajstić information content (AvgIpc) is 2.54. The molecule has 116 valence electrons. The van der Waals surface area contributed by atoms with Crippen LogP contribution in [0.3, 0.4) is 0 Å². The molecule has 0 bridgehead atoms. The summed E-state index contributed by atoms with van der Waals surface area (Å²) in [6.07, 6.45) is 0.812. The van der Waals surface area contributed by atoms with Crippen molar-refractivity contribution in [1.82, 2.24) is 15.3 Å². The second-order valence-electron chi connectivity index (χ2n) is 5.00. The van der Waals surface area contributed by atoms with Gasteiger partial charge in [0.15, 0.2) is 0 Å². The minimum atomic E-state index is -0.553. The number of rotatable bonds is 5. The number of aromatic nitrogens is 2. The molecule has 6 heteroatoms. The van der Waals surface area contributed by atoms with Crippen LogP contribution in [-0.2, 0) is 0 Å². The van der Waals surface area contributed by atoms with E-state index in [4.69, 9.17) is 4.74 Å². The molecule has 2 N–H and O–H groups in total. The van der Waals surface area contributed by atoms with E-state index in [1.54, 1.807) is 37.4 Å². The number of amides is 1. The van der Waals surface area contributed by atoms with Crippen LogP contribution in [0, 0.1) is 0 Å². The lowest BCUT2D eigenvalue weighted by atomic mass is 10.1. The molecule has 1 heterocycles. The maximum atomic E-state index is 12.1. The lowest BCUT2D eigenvalue weighted by molar-refractivity contribution is 0.0934. The Bertz CT molecular complexity index is 707. The van der Waals surface area contributed by atoms with Gasteiger partial charge in [-0.2, -0.15) is 4.98 Å². The molecular formula is C16H19N3O3. The van der Waals surface area contributed by atoms with E-state index in [0.717, 1.165) is 12.0 Å². The third-order valence-corrected chi connectivity index (χ3v) is 3.36. The van der Waals surface area contributed by atoms with Crippen LogP contribution in [0.1, 0.15) is 30.8 Å². The fourth-order valence-electron chi connectivity index (χ4n) is 1.89. The van der Waals surface area contributed by atoms with Crippen LogP contribution < -0.4 is 15.7 Å². The Hall–Kier alpha value is -2.63. The van der Waals surface area contributed by atoms with Crippen molar-refractivity contribution in [2.45, 2.75) is 26.3 Å². The van der Waals surface area contributed by atoms with E-state index in [-0.39, 0.29) is 17.6 Å². The van der Waals surface area contributed by atoms with Crippen molar-refractivity contribution in [1.29, 1.82) is 0 Å². The van der Waals surface area contributed by atoms with Gasteiger partial charge in [-0.1, -0.05) is 6.92 Å². The standard InChI is InChI=1S/C16H19N3O3/c1-4-10(2)17-15(20)14-9-13(18-16(21)19-14)11-5-7-12(22-3)8-6-11/h5-10H,4H2,1-3H3,(H,17,20)(H,18,19,21). The molecule has 0 radical (unpaired) electrons. The van der Waals surface area contributed by atoms with Gasteiger partial charge >= 0.3 is 5.69 Å². The fourth-order valence-corrected chi connectivity index (χ4v) is 1.89. The van der Waals surface area contributed by atoms with E-state index >= 15 is 0 Å². The predicted octanol–water partition coefficient (Wildman–Crippen LogP) is 1.97. The second-order valence-corrected chi connectivity index (χ2v) is 5.00. The van der Waals surface area contributed by atoms with Crippen molar-refractivity contribution in [3.05, 3.63) is 46.5 Å². The molecule has 0 fully saturated rings. The minimum absolute atomic E-state index is 0.0357. The number of ether oxygens (including phenoxy) is 1. The van der Waals surface area contributed by atoms with Gasteiger partial charge in [0.2, 0.25) is 0 Å². The van der Waals surface area contributed by atoms with Gasteiger partial charge in [0, 0.05) is 11.6 Å². The van der Waals surface area contributed by atoms with E-state index in [1.165, 1.54) is 0 Å². The van der Waals surface area contributed by atoms with Gasteiger partial charge in [-0.15, -0.1) is 0 Å². The molecule has 0 aliphatic carbocycles. The van der Waals surface area contributed by atoms with Gasteiger partial charge in [-0.3, -0.25) is 4.79 Å². The quantitative estimate of drug-likeness (QED) is 0.884. The first kappa shape index (κ1) is 15.8. The van der Waals surface area contributed by atoms with Crippen molar-refractivity contribution in [2.75, 3.05) is 7.11 Å². The van der Waals surface area contributed by atoms with E-state index in [1.807, 2.05) is 13.8 Å². The monoisotopic (exact) mass is 301 g/mol. The Balaban J connectivity index is 2.33. The summed E-state index contributed by atoms with van der Waals surface area (Å²) in [4.78, 5) is 30.2. The third-order valence-electron chi connectivity index (χ3n) is 3.36. The summed E-state index contributed by atoms with van der Waals surface area (Å²) < 4.78 is 5.09. The molecule has 2 aromatic rings. The summed E-state index contributed by atoms with van der Waals surface area (Å²) in [5.74, 6) is 0.395. The molecular weight excluding hydrogens is 282 g/mol. The highest BCUT2D eigenvalue weighted by atomic mass is 16.5. The molecule has 0 saturated carbocycles. The smallest absolute Gasteiger partial charge is 0.346 e. The van der Waals surface area contributed by atoms with E-state index in [9.17, 15) is 9.59 Å². The van der Waals surface area contributed by atoms with Crippen molar-refractivity contribution in [2.24, 2.45) is 0 Å². The number of benzene rings is 1. The summed E-state index contributed by atoms with van der Waals surface area (Å²) in [6.45, 7) is 3.88. The SMILES string of the molecule is CCC(C)NC(=O)c1cc(-c2ccc(OC)cc2)nc(=O)[nH]1. The summed E-state index contributed by atoms with van der Waals surface area (Å²) >= 11 is 0. The molecule has 1 unspecified atom stereocenters. The Morgan fingerprint density at radius 3 is 2.64 bits per heavy atom. The van der Waals surface area contributed by atoms with Crippen molar-refractivity contribution < 1.29 is 9.53 Å². The topological polar surface area (TPSA) is 84.1 Å². The zero-order valence-electron chi connectivity index (χ0n) is 12.8. The van der Waals surface area contributed by atoms with Gasteiger partial charge in [-0.25, -0.2) is 4.79 Å². The third kappa shape index (κ3) is 3.72. The van der Waals surface area contributed by atoms with Crippen LogP contribution in [0.5, 0.6) is 5.75 Å². The first-order valence-corrected chi connectivity index (χ1v) is 7.10. The molecule has 1 amide bonds. The van der Waals surface area contributed by atoms with Crippen molar-refractivity contribution >= 4 is 5.91 Å². The molecule has 1 aromatic heterocycles. The van der Waals surface area contributed by atoms with Crippen molar-refractivity contribution in [3.8, 4) is 17.0 Å². The molecule has 0 spiro atoms. The first-order valence-electron chi connectivity index (χ1n) is 7.10. The van der Waals surface area contributed by atoms with Crippen LogP contribution >= 0.6 is 0 Å². The lowest BCUT2D eigenvalue weighted by Gasteiger charge is -2.11. The van der Waals surface area contributed by atoms with Crippen LogP contribution in [0.25, 0.3) is 11.3 Å². The second kappa shape index (κ2) is 6.89. The minimum Gasteiger partial charge on any atom is -0.497 e. The molecule has 1 aromatic carbocycles. The van der Waals surface area contributed by atoms with Crippen LogP contribution in [0.15, 0.2) is 35.1 Å². The Kier molecular flexibility index (Phi) is 4.93. The summed E-state index contributed by atoms with van der Waals surface area (Å²) in [7, 11) is 1.58. The molecule has 22 heavy (non-hydrogen) atoms. The highest BCUT2D eigenvalue weighted by Gasteiger charge is 2.12. The largest absolute Gasteiger partial charge is 0.497 e. The van der Waals surface area contributed by atoms with E-state index < -0.39 is 5.69 Å². The predicted molar refractivity (Wildman–Crippen MR) is 84.1 cm³/mol. The molecule has 1 atom stereocenters. The Morgan fingerprint density at radius 2 is 2.05 bits per heavy atom. The maximum Gasteiger partial charge on any atom is 0.346 e. The van der Waals surface area contributed by atoms with E-state index in [0.29, 0.717) is 11.4 Å². The number of carbonyl (C=O) groups is 1. The molecule has 0 saturated heterocycles. The molecule has 6 nitrogen and oxygen atoms in total. The van der Waals surface area contributed by atoms with Gasteiger partial charge < -0.3 is 15.0 Å². The highest BCUT2D eigenvalue weighted by Crippen LogP contribution is 2.20. The number of nitrogens with one attached hydrogen (secondary N) is 2. The molecule has 0 aliphatic rings. The van der Waals surface area contributed by atoms with Gasteiger partial charge in [-0.05, 0) is 43.7 Å². The Morgan fingerprint density at radius 1 is 1.36 bits per heavy atom. The lowest BCUT2D eigenvalue weighted by Crippen LogP contribution is -2.33. The number of hydrogen-bond donors (Lipinski definition) is 2. The summed E-state index contributed by atoms with van der Waals surface area (Å²) in [5.41, 5.74) is 0.832. The normalized spacial score (nSPS) is 11.8. The van der Waals surface area contributed by atoms with Crippen LogP contribution in [0.2, 0.25) is 0 Å². The van der Waals surface area contributed by atoms with Crippen LogP contribution in [-0.4, -0.2) is 29.0 Å². The van der Waals surface area contributed by atoms with E-state index in [2.05, 4.69) is 15.3 Å². The Labute approximate surface area is 128 Å². The first-order chi connectivity index (χ1) is 10.5. The average molecular weight is 301 g/mol. The number of hydrogen-bond acceptors (Lipinski definition) is 4. The molecule has 0 aliphatic heterocycles.